The lowest BCUT2D eigenvalue weighted by molar-refractivity contribution is -0.125. The number of amides is 1. The van der Waals surface area contributed by atoms with Gasteiger partial charge in [0.25, 0.3) is 0 Å². The smallest absolute Gasteiger partial charge is 0.224 e. The number of hydrogen-bond acceptors (Lipinski definition) is 6. The van der Waals surface area contributed by atoms with Crippen molar-refractivity contribution in [2.75, 3.05) is 37.6 Å². The van der Waals surface area contributed by atoms with Crippen LogP contribution in [-0.2, 0) is 4.79 Å². The van der Waals surface area contributed by atoms with E-state index in [2.05, 4.69) is 43.9 Å². The molecule has 0 aromatic carbocycles. The van der Waals surface area contributed by atoms with Crippen LogP contribution in [0.1, 0.15) is 32.6 Å². The maximum absolute atomic E-state index is 12.8. The summed E-state index contributed by atoms with van der Waals surface area (Å²) in [7, 11) is 0. The van der Waals surface area contributed by atoms with E-state index in [1.54, 1.807) is 17.7 Å². The molecule has 140 valence electrons. The van der Waals surface area contributed by atoms with Gasteiger partial charge in [-0.15, -0.1) is 11.3 Å². The van der Waals surface area contributed by atoms with Crippen LogP contribution in [0.15, 0.2) is 17.8 Å². The van der Waals surface area contributed by atoms with E-state index in [0.29, 0.717) is 0 Å². The summed E-state index contributed by atoms with van der Waals surface area (Å²) in [6.07, 6.45) is 5.87. The summed E-state index contributed by atoms with van der Waals surface area (Å²) in [6, 6.07) is 2.08. The van der Waals surface area contributed by atoms with Gasteiger partial charge in [0.05, 0.1) is 11.3 Å². The summed E-state index contributed by atoms with van der Waals surface area (Å²) in [5, 5.41) is 9.79. The minimum Gasteiger partial charge on any atom is -0.355 e. The molecule has 2 N–H and O–H groups in total. The van der Waals surface area contributed by atoms with Crippen LogP contribution >= 0.6 is 11.3 Å². The second kappa shape index (κ2) is 7.48. The van der Waals surface area contributed by atoms with Crippen LogP contribution in [0.5, 0.6) is 0 Å². The molecule has 0 aliphatic carbocycles. The van der Waals surface area contributed by atoms with Crippen molar-refractivity contribution in [3.05, 3.63) is 17.8 Å². The SMILES string of the molecule is CC1(CNC(=O)C2CCCN(c3ncnc4sccc34)C2)CCNCC1. The van der Waals surface area contributed by atoms with E-state index in [0.717, 1.165) is 74.4 Å². The highest BCUT2D eigenvalue weighted by Gasteiger charge is 2.31. The van der Waals surface area contributed by atoms with E-state index >= 15 is 0 Å². The van der Waals surface area contributed by atoms with Crippen LogP contribution in [0.2, 0.25) is 0 Å². The van der Waals surface area contributed by atoms with Gasteiger partial charge in [-0.1, -0.05) is 6.92 Å². The molecule has 4 heterocycles. The van der Waals surface area contributed by atoms with Crippen molar-refractivity contribution in [3.8, 4) is 0 Å². The molecule has 2 aliphatic rings. The third-order valence-electron chi connectivity index (χ3n) is 5.83. The van der Waals surface area contributed by atoms with E-state index in [9.17, 15) is 4.79 Å². The monoisotopic (exact) mass is 373 g/mol. The van der Waals surface area contributed by atoms with Gasteiger partial charge in [0.1, 0.15) is 17.0 Å². The van der Waals surface area contributed by atoms with E-state index in [-0.39, 0.29) is 17.2 Å². The molecule has 4 rings (SSSR count). The van der Waals surface area contributed by atoms with Gasteiger partial charge in [-0.25, -0.2) is 9.97 Å². The molecule has 2 fully saturated rings. The fourth-order valence-corrected chi connectivity index (χ4v) is 4.79. The fourth-order valence-electron chi connectivity index (χ4n) is 4.06. The van der Waals surface area contributed by atoms with Crippen molar-refractivity contribution >= 4 is 33.3 Å². The van der Waals surface area contributed by atoms with E-state index in [4.69, 9.17) is 0 Å². The number of rotatable bonds is 4. The maximum Gasteiger partial charge on any atom is 0.224 e. The number of nitrogens with one attached hydrogen (secondary N) is 2. The number of thiophene rings is 1. The third-order valence-corrected chi connectivity index (χ3v) is 6.65. The molecular formula is C19H27N5OS. The van der Waals surface area contributed by atoms with Crippen LogP contribution in [0.3, 0.4) is 0 Å². The molecule has 1 amide bonds. The minimum atomic E-state index is 0.0396. The van der Waals surface area contributed by atoms with Gasteiger partial charge < -0.3 is 15.5 Å². The Kier molecular flexibility index (Phi) is 5.09. The van der Waals surface area contributed by atoms with E-state index in [1.165, 1.54) is 0 Å². The molecule has 2 aliphatic heterocycles. The molecule has 0 bridgehead atoms. The highest BCUT2D eigenvalue weighted by Crippen LogP contribution is 2.30. The number of aromatic nitrogens is 2. The summed E-state index contributed by atoms with van der Waals surface area (Å²) in [6.45, 7) is 6.87. The minimum absolute atomic E-state index is 0.0396. The lowest BCUT2D eigenvalue weighted by Crippen LogP contribution is -2.47. The van der Waals surface area contributed by atoms with Crippen molar-refractivity contribution in [3.63, 3.8) is 0 Å². The number of nitrogens with zero attached hydrogens (tertiary/aromatic N) is 3. The van der Waals surface area contributed by atoms with Gasteiger partial charge in [-0.05, 0) is 55.6 Å². The molecule has 6 nitrogen and oxygen atoms in total. The number of anilines is 1. The van der Waals surface area contributed by atoms with Crippen molar-refractivity contribution in [1.29, 1.82) is 0 Å². The van der Waals surface area contributed by atoms with Gasteiger partial charge in [-0.3, -0.25) is 4.79 Å². The van der Waals surface area contributed by atoms with Crippen LogP contribution in [0, 0.1) is 11.3 Å². The molecule has 2 aromatic heterocycles. The topological polar surface area (TPSA) is 70.2 Å². The first-order valence-electron chi connectivity index (χ1n) is 9.56. The van der Waals surface area contributed by atoms with Crippen LogP contribution < -0.4 is 15.5 Å². The summed E-state index contributed by atoms with van der Waals surface area (Å²) in [5.41, 5.74) is 0.227. The number of piperidine rings is 2. The van der Waals surface area contributed by atoms with Crippen LogP contribution in [0.4, 0.5) is 5.82 Å². The molecule has 1 unspecified atom stereocenters. The van der Waals surface area contributed by atoms with Gasteiger partial charge in [0, 0.05) is 19.6 Å². The molecule has 2 aromatic rings. The zero-order valence-corrected chi connectivity index (χ0v) is 16.1. The zero-order valence-electron chi connectivity index (χ0n) is 15.3. The molecule has 0 spiro atoms. The Labute approximate surface area is 158 Å². The number of fused-ring (bicyclic) bond motifs is 1. The Morgan fingerprint density at radius 2 is 2.27 bits per heavy atom. The summed E-state index contributed by atoms with van der Waals surface area (Å²) in [4.78, 5) is 24.9. The highest BCUT2D eigenvalue weighted by atomic mass is 32.1. The molecule has 0 saturated carbocycles. The molecular weight excluding hydrogens is 346 g/mol. The predicted octanol–water partition coefficient (Wildman–Crippen LogP) is 2.41. The molecule has 1 atom stereocenters. The van der Waals surface area contributed by atoms with Crippen molar-refractivity contribution in [2.45, 2.75) is 32.6 Å². The average Bonchev–Trinajstić information content (AvgIpc) is 3.16. The quantitative estimate of drug-likeness (QED) is 0.861. The first kappa shape index (κ1) is 17.7. The van der Waals surface area contributed by atoms with Gasteiger partial charge >= 0.3 is 0 Å². The second-order valence-electron chi connectivity index (χ2n) is 7.90. The maximum atomic E-state index is 12.8. The average molecular weight is 374 g/mol. The zero-order chi connectivity index (χ0) is 18.0. The number of carbonyl (C=O) groups is 1. The standard InChI is InChI=1S/C19H27N5OS/c1-19(5-7-20-8-6-19)12-21-17(25)14-3-2-9-24(11-14)16-15-4-10-26-18(15)23-13-22-16/h4,10,13-14,20H,2-3,5-9,11-12H2,1H3,(H,21,25). The summed E-state index contributed by atoms with van der Waals surface area (Å²) >= 11 is 1.63. The number of carbonyl (C=O) groups excluding carboxylic acids is 1. The molecule has 0 radical (unpaired) electrons. The largest absolute Gasteiger partial charge is 0.355 e. The Morgan fingerprint density at radius 1 is 1.42 bits per heavy atom. The summed E-state index contributed by atoms with van der Waals surface area (Å²) < 4.78 is 0. The molecule has 2 saturated heterocycles. The lowest BCUT2D eigenvalue weighted by Gasteiger charge is -2.36. The lowest BCUT2D eigenvalue weighted by atomic mass is 9.81. The molecule has 7 heteroatoms. The van der Waals surface area contributed by atoms with E-state index in [1.807, 2.05) is 0 Å². The van der Waals surface area contributed by atoms with Crippen LogP contribution in [0.25, 0.3) is 10.2 Å². The van der Waals surface area contributed by atoms with Gasteiger partial charge in [-0.2, -0.15) is 0 Å². The van der Waals surface area contributed by atoms with Crippen molar-refractivity contribution in [2.24, 2.45) is 11.3 Å². The van der Waals surface area contributed by atoms with Gasteiger partial charge in [0.15, 0.2) is 0 Å². The van der Waals surface area contributed by atoms with Gasteiger partial charge in [0.2, 0.25) is 5.91 Å². The fraction of sp³-hybridized carbons (Fsp3) is 0.632. The predicted molar refractivity (Wildman–Crippen MR) is 106 cm³/mol. The Balaban J connectivity index is 1.40. The Morgan fingerprint density at radius 3 is 3.12 bits per heavy atom. The normalized spacial score (nSPS) is 23.1. The Bertz CT molecular complexity index is 770. The van der Waals surface area contributed by atoms with E-state index < -0.39 is 0 Å². The molecule has 26 heavy (non-hydrogen) atoms. The van der Waals surface area contributed by atoms with Crippen molar-refractivity contribution < 1.29 is 4.79 Å². The first-order valence-corrected chi connectivity index (χ1v) is 10.4. The summed E-state index contributed by atoms with van der Waals surface area (Å²) in [5.74, 6) is 1.21. The second-order valence-corrected chi connectivity index (χ2v) is 8.79. The third kappa shape index (κ3) is 3.69. The Hall–Kier alpha value is -1.73. The number of hydrogen-bond donors (Lipinski definition) is 2. The van der Waals surface area contributed by atoms with Crippen LogP contribution in [-0.4, -0.2) is 48.6 Å². The highest BCUT2D eigenvalue weighted by molar-refractivity contribution is 7.16. The first-order chi connectivity index (χ1) is 12.6. The van der Waals surface area contributed by atoms with Crippen molar-refractivity contribution in [1.82, 2.24) is 20.6 Å².